The highest BCUT2D eigenvalue weighted by atomic mass is 35.5. The molecule has 76 valence electrons. The maximum Gasteiger partial charge on any atom is 0.351 e. The van der Waals surface area contributed by atoms with Crippen LogP contribution in [-0.4, -0.2) is 16.9 Å². The summed E-state index contributed by atoms with van der Waals surface area (Å²) >= 11 is 5.44. The molecule has 0 saturated carbocycles. The number of benzene rings is 1. The molecule has 4 nitrogen and oxygen atoms in total. The van der Waals surface area contributed by atoms with Crippen LogP contribution in [0.1, 0.15) is 10.4 Å². The van der Waals surface area contributed by atoms with Gasteiger partial charge < -0.3 is 9.84 Å². The Morgan fingerprint density at radius 2 is 2.00 bits per heavy atom. The maximum absolute atomic E-state index is 11.6. The lowest BCUT2D eigenvalue weighted by Gasteiger charge is -1.97. The molecule has 1 aromatic carbocycles. The van der Waals surface area contributed by atoms with Crippen molar-refractivity contribution in [3.05, 3.63) is 40.6 Å². The van der Waals surface area contributed by atoms with Crippen molar-refractivity contribution in [2.75, 3.05) is 0 Å². The molecular formula is C10H5ClO4. The van der Waals surface area contributed by atoms with Crippen LogP contribution in [0.4, 0.5) is 0 Å². The first-order chi connectivity index (χ1) is 7.11. The van der Waals surface area contributed by atoms with E-state index >= 15 is 0 Å². The van der Waals surface area contributed by atoms with E-state index in [1.54, 1.807) is 24.3 Å². The number of rotatable bonds is 1. The summed E-state index contributed by atoms with van der Waals surface area (Å²) in [5, 5.41) is 8.02. The van der Waals surface area contributed by atoms with E-state index in [9.17, 15) is 9.59 Å². The number of hydrogen-bond acceptors (Lipinski definition) is 3. The van der Waals surface area contributed by atoms with Crippen LogP contribution in [0.15, 0.2) is 35.1 Å². The Labute approximate surface area is 89.7 Å². The molecule has 0 unspecified atom stereocenters. The summed E-state index contributed by atoms with van der Waals surface area (Å²) in [5.74, 6) is -1.88. The molecule has 1 N–H and O–H groups in total. The van der Waals surface area contributed by atoms with Gasteiger partial charge in [-0.2, -0.15) is 0 Å². The van der Waals surface area contributed by atoms with E-state index in [0.717, 1.165) is 0 Å². The average Bonchev–Trinajstić information content (AvgIpc) is 2.56. The Bertz CT molecular complexity index is 490. The van der Waals surface area contributed by atoms with Crippen molar-refractivity contribution in [2.45, 2.75) is 0 Å². The molecular weight excluding hydrogens is 220 g/mol. The normalized spacial score (nSPS) is 17.0. The van der Waals surface area contributed by atoms with Gasteiger partial charge >= 0.3 is 5.97 Å². The van der Waals surface area contributed by atoms with Crippen molar-refractivity contribution in [3.63, 3.8) is 0 Å². The van der Waals surface area contributed by atoms with Gasteiger partial charge in [0.1, 0.15) is 5.75 Å². The first-order valence-electron chi connectivity index (χ1n) is 4.06. The van der Waals surface area contributed by atoms with E-state index in [-0.39, 0.29) is 5.76 Å². The quantitative estimate of drug-likeness (QED) is 0.739. The Hall–Kier alpha value is -1.81. The Morgan fingerprint density at radius 3 is 2.60 bits per heavy atom. The fourth-order valence-corrected chi connectivity index (χ4v) is 1.39. The smallest absolute Gasteiger partial charge is 0.351 e. The van der Waals surface area contributed by atoms with Crippen molar-refractivity contribution < 1.29 is 19.4 Å². The molecule has 15 heavy (non-hydrogen) atoms. The zero-order valence-corrected chi connectivity index (χ0v) is 8.12. The number of ether oxygens (including phenoxy) is 1. The third-order valence-corrected chi connectivity index (χ3v) is 2.27. The largest absolute Gasteiger partial charge is 0.477 e. The van der Waals surface area contributed by atoms with E-state index in [4.69, 9.17) is 21.4 Å². The van der Waals surface area contributed by atoms with Gasteiger partial charge in [0.15, 0.2) is 5.03 Å². The Morgan fingerprint density at radius 1 is 1.33 bits per heavy atom. The van der Waals surface area contributed by atoms with Gasteiger partial charge in [-0.15, -0.1) is 0 Å². The van der Waals surface area contributed by atoms with Crippen molar-refractivity contribution in [2.24, 2.45) is 0 Å². The third-order valence-electron chi connectivity index (χ3n) is 1.94. The summed E-state index contributed by atoms with van der Waals surface area (Å²) in [6, 6.07) is 6.48. The minimum atomic E-state index is -1.38. The molecule has 0 amide bonds. The lowest BCUT2D eigenvalue weighted by molar-refractivity contribution is -0.132. The van der Waals surface area contributed by atoms with E-state index in [1.165, 1.54) is 0 Å². The molecule has 0 fully saturated rings. The lowest BCUT2D eigenvalue weighted by Crippen LogP contribution is -2.07. The number of aliphatic carboxylic acids is 1. The Balaban J connectivity index is 2.53. The third kappa shape index (κ3) is 1.49. The predicted octanol–water partition coefficient (Wildman–Crippen LogP) is 1.80. The lowest BCUT2D eigenvalue weighted by atomic mass is 10.1. The van der Waals surface area contributed by atoms with Crippen molar-refractivity contribution in [1.29, 1.82) is 0 Å². The summed E-state index contributed by atoms with van der Waals surface area (Å²) in [4.78, 5) is 22.2. The van der Waals surface area contributed by atoms with Crippen molar-refractivity contribution >= 4 is 23.4 Å². The topological polar surface area (TPSA) is 63.6 Å². The van der Waals surface area contributed by atoms with Gasteiger partial charge in [0.2, 0.25) is 11.5 Å². The second-order valence-electron chi connectivity index (χ2n) is 2.88. The highest BCUT2D eigenvalue weighted by molar-refractivity contribution is 6.43. The maximum atomic E-state index is 11.6. The van der Waals surface area contributed by atoms with E-state index < -0.39 is 16.8 Å². The molecule has 0 bridgehead atoms. The highest BCUT2D eigenvalue weighted by Crippen LogP contribution is 2.32. The van der Waals surface area contributed by atoms with Crippen LogP contribution in [0.5, 0.6) is 5.75 Å². The van der Waals surface area contributed by atoms with E-state index in [1.807, 2.05) is 0 Å². The molecule has 0 saturated heterocycles. The van der Waals surface area contributed by atoms with Crippen LogP contribution < -0.4 is 4.74 Å². The van der Waals surface area contributed by atoms with Gasteiger partial charge in [0.05, 0.1) is 5.56 Å². The zero-order chi connectivity index (χ0) is 11.0. The van der Waals surface area contributed by atoms with Gasteiger partial charge in [0.25, 0.3) is 0 Å². The number of carbonyl (C=O) groups excluding carboxylic acids is 1. The number of hydrogen-bond donors (Lipinski definition) is 1. The second kappa shape index (κ2) is 3.40. The van der Waals surface area contributed by atoms with Crippen LogP contribution in [0, 0.1) is 0 Å². The number of fused-ring (bicyclic) bond motifs is 1. The van der Waals surface area contributed by atoms with E-state index in [0.29, 0.717) is 11.3 Å². The first kappa shape index (κ1) is 9.73. The number of carboxylic acid groups (broad SMARTS) is 1. The monoisotopic (exact) mass is 224 g/mol. The molecule has 0 aliphatic carbocycles. The van der Waals surface area contributed by atoms with Crippen LogP contribution in [0.25, 0.3) is 0 Å². The van der Waals surface area contributed by atoms with Gasteiger partial charge in [0, 0.05) is 0 Å². The van der Waals surface area contributed by atoms with Gasteiger partial charge in [-0.25, -0.2) is 4.79 Å². The molecule has 1 aliphatic heterocycles. The number of carbonyl (C=O) groups is 2. The summed E-state index contributed by atoms with van der Waals surface area (Å²) in [5.41, 5.74) is 0.326. The minimum absolute atomic E-state index is 0.326. The minimum Gasteiger partial charge on any atom is -0.477 e. The van der Waals surface area contributed by atoms with Gasteiger partial charge in [-0.05, 0) is 12.1 Å². The zero-order valence-electron chi connectivity index (χ0n) is 7.36. The summed E-state index contributed by atoms with van der Waals surface area (Å²) in [7, 11) is 0. The van der Waals surface area contributed by atoms with Crippen LogP contribution in [0.2, 0.25) is 0 Å². The summed E-state index contributed by atoms with van der Waals surface area (Å²) in [6.45, 7) is 0. The number of allylic oxidation sites excluding steroid dienone is 1. The Kier molecular flexibility index (Phi) is 2.21. The standard InChI is InChI=1S/C10H5ClO4/c11-7(10(13)14)9-8(12)5-3-1-2-4-6(5)15-9/h1-4H,(H,13,14). The number of carboxylic acids is 1. The van der Waals surface area contributed by atoms with E-state index in [2.05, 4.69) is 0 Å². The second-order valence-corrected chi connectivity index (χ2v) is 3.25. The van der Waals surface area contributed by atoms with Crippen LogP contribution in [0.3, 0.4) is 0 Å². The predicted molar refractivity (Wildman–Crippen MR) is 51.9 cm³/mol. The molecule has 5 heteroatoms. The molecule has 0 aromatic heterocycles. The molecule has 0 radical (unpaired) electrons. The summed E-state index contributed by atoms with van der Waals surface area (Å²) in [6.07, 6.45) is 0. The van der Waals surface area contributed by atoms with Gasteiger partial charge in [-0.1, -0.05) is 23.7 Å². The molecule has 0 spiro atoms. The van der Waals surface area contributed by atoms with Crippen LogP contribution in [-0.2, 0) is 4.79 Å². The molecule has 0 atom stereocenters. The summed E-state index contributed by atoms with van der Waals surface area (Å²) < 4.78 is 5.06. The fraction of sp³-hybridized carbons (Fsp3) is 0. The highest BCUT2D eigenvalue weighted by Gasteiger charge is 2.31. The number of ketones is 1. The fourth-order valence-electron chi connectivity index (χ4n) is 1.26. The molecule has 2 rings (SSSR count). The van der Waals surface area contributed by atoms with Crippen molar-refractivity contribution in [1.82, 2.24) is 0 Å². The van der Waals surface area contributed by atoms with Crippen LogP contribution >= 0.6 is 11.6 Å². The first-order valence-corrected chi connectivity index (χ1v) is 4.43. The number of halogens is 1. The molecule has 1 heterocycles. The van der Waals surface area contributed by atoms with Crippen molar-refractivity contribution in [3.8, 4) is 5.75 Å². The number of Topliss-reactive ketones (excluding diaryl/α,β-unsaturated/α-hetero) is 1. The number of para-hydroxylation sites is 1. The SMILES string of the molecule is O=C(O)C(Cl)=C1Oc2ccccc2C1=O. The average molecular weight is 225 g/mol. The molecule has 1 aliphatic rings. The molecule has 1 aromatic rings. The van der Waals surface area contributed by atoms with Gasteiger partial charge in [-0.3, -0.25) is 4.79 Å².